The molecule has 1 aromatic rings. The zero-order chi connectivity index (χ0) is 12.9. The molecule has 2 heteroatoms. The van der Waals surface area contributed by atoms with Crippen LogP contribution < -0.4 is 5.32 Å². The number of aryl methyl sites for hydroxylation is 1. The Morgan fingerprint density at radius 1 is 1.24 bits per heavy atom. The van der Waals surface area contributed by atoms with Gasteiger partial charge in [0.1, 0.15) is 0 Å². The van der Waals surface area contributed by atoms with E-state index in [0.717, 1.165) is 12.8 Å². The van der Waals surface area contributed by atoms with E-state index in [1.165, 1.54) is 11.1 Å². The highest BCUT2D eigenvalue weighted by Gasteiger charge is 2.22. The molecule has 0 aliphatic carbocycles. The fourth-order valence-corrected chi connectivity index (χ4v) is 2.03. The molecule has 0 radical (unpaired) electrons. The van der Waals surface area contributed by atoms with Crippen molar-refractivity contribution in [3.8, 4) is 0 Å². The predicted octanol–water partition coefficient (Wildman–Crippen LogP) is 3.20. The van der Waals surface area contributed by atoms with Crippen molar-refractivity contribution in [1.82, 2.24) is 5.32 Å². The van der Waals surface area contributed by atoms with Gasteiger partial charge in [0.2, 0.25) is 0 Å². The minimum absolute atomic E-state index is 0.279. The first kappa shape index (κ1) is 14.2. The standard InChI is InChI=1S/C15H25NO/c1-5-15(17,6-2)11-16-13(4)14-10-8-7-9-12(14)3/h7-10,13,16-17H,5-6,11H2,1-4H3. The van der Waals surface area contributed by atoms with Crippen LogP contribution in [0.25, 0.3) is 0 Å². The summed E-state index contributed by atoms with van der Waals surface area (Å²) in [4.78, 5) is 0. The van der Waals surface area contributed by atoms with Crippen molar-refractivity contribution in [2.75, 3.05) is 6.54 Å². The number of hydrogen-bond donors (Lipinski definition) is 2. The zero-order valence-electron chi connectivity index (χ0n) is 11.5. The molecule has 1 rings (SSSR count). The normalized spacial score (nSPS) is 13.7. The first-order valence-corrected chi connectivity index (χ1v) is 6.53. The van der Waals surface area contributed by atoms with Crippen molar-refractivity contribution in [2.45, 2.75) is 52.2 Å². The van der Waals surface area contributed by atoms with Gasteiger partial charge in [0.25, 0.3) is 0 Å². The van der Waals surface area contributed by atoms with E-state index >= 15 is 0 Å². The fourth-order valence-electron chi connectivity index (χ4n) is 2.03. The Morgan fingerprint density at radius 3 is 2.35 bits per heavy atom. The number of aliphatic hydroxyl groups is 1. The molecule has 1 unspecified atom stereocenters. The second-order valence-electron chi connectivity index (χ2n) is 4.89. The van der Waals surface area contributed by atoms with Crippen LogP contribution in [0.15, 0.2) is 24.3 Å². The summed E-state index contributed by atoms with van der Waals surface area (Å²) in [6.45, 7) is 8.98. The molecule has 0 aliphatic rings. The summed E-state index contributed by atoms with van der Waals surface area (Å²) in [5, 5.41) is 13.7. The van der Waals surface area contributed by atoms with Gasteiger partial charge in [-0.1, -0.05) is 38.1 Å². The fraction of sp³-hybridized carbons (Fsp3) is 0.600. The second kappa shape index (κ2) is 6.18. The van der Waals surface area contributed by atoms with Crippen LogP contribution in [0.4, 0.5) is 0 Å². The van der Waals surface area contributed by atoms with E-state index in [0.29, 0.717) is 6.54 Å². The average molecular weight is 235 g/mol. The molecule has 0 saturated carbocycles. The van der Waals surface area contributed by atoms with Gasteiger partial charge in [-0.2, -0.15) is 0 Å². The van der Waals surface area contributed by atoms with Gasteiger partial charge < -0.3 is 10.4 Å². The largest absolute Gasteiger partial charge is 0.389 e. The molecule has 2 N–H and O–H groups in total. The lowest BCUT2D eigenvalue weighted by atomic mass is 9.96. The molecule has 1 aromatic carbocycles. The van der Waals surface area contributed by atoms with E-state index in [1.807, 2.05) is 13.8 Å². The highest BCUT2D eigenvalue weighted by atomic mass is 16.3. The third-order valence-electron chi connectivity index (χ3n) is 3.71. The zero-order valence-corrected chi connectivity index (χ0v) is 11.5. The molecule has 0 fully saturated rings. The Morgan fingerprint density at radius 2 is 1.82 bits per heavy atom. The molecule has 0 saturated heterocycles. The van der Waals surface area contributed by atoms with Crippen LogP contribution in [0.2, 0.25) is 0 Å². The quantitative estimate of drug-likeness (QED) is 0.793. The van der Waals surface area contributed by atoms with E-state index in [1.54, 1.807) is 0 Å². The maximum Gasteiger partial charge on any atom is 0.0766 e. The first-order valence-electron chi connectivity index (χ1n) is 6.53. The Kier molecular flexibility index (Phi) is 5.16. The summed E-state index contributed by atoms with van der Waals surface area (Å²) in [6, 6.07) is 8.66. The molecule has 0 heterocycles. The SMILES string of the molecule is CCC(O)(CC)CNC(C)c1ccccc1C. The number of nitrogens with one attached hydrogen (secondary N) is 1. The van der Waals surface area contributed by atoms with Crippen LogP contribution in [0.1, 0.15) is 50.8 Å². The summed E-state index contributed by atoms with van der Waals surface area (Å²) in [5.41, 5.74) is 2.03. The maximum atomic E-state index is 10.2. The molecule has 1 atom stereocenters. The molecule has 0 aliphatic heterocycles. The van der Waals surface area contributed by atoms with Gasteiger partial charge in [0, 0.05) is 12.6 Å². The molecule has 0 spiro atoms. The molecular weight excluding hydrogens is 210 g/mol. The van der Waals surface area contributed by atoms with Crippen molar-refractivity contribution in [3.05, 3.63) is 35.4 Å². The van der Waals surface area contributed by atoms with Crippen molar-refractivity contribution >= 4 is 0 Å². The minimum atomic E-state index is -0.572. The molecule has 0 amide bonds. The van der Waals surface area contributed by atoms with Crippen LogP contribution in [0, 0.1) is 6.92 Å². The van der Waals surface area contributed by atoms with Crippen molar-refractivity contribution < 1.29 is 5.11 Å². The molecular formula is C15H25NO. The maximum absolute atomic E-state index is 10.2. The Balaban J connectivity index is 2.62. The second-order valence-corrected chi connectivity index (χ2v) is 4.89. The Bertz CT molecular complexity index is 345. The van der Waals surface area contributed by atoms with Crippen LogP contribution >= 0.6 is 0 Å². The third kappa shape index (κ3) is 3.83. The van der Waals surface area contributed by atoms with Crippen molar-refractivity contribution in [1.29, 1.82) is 0 Å². The predicted molar refractivity (Wildman–Crippen MR) is 73.1 cm³/mol. The van der Waals surface area contributed by atoms with E-state index in [9.17, 15) is 5.11 Å². The summed E-state index contributed by atoms with van der Waals surface area (Å²) in [5.74, 6) is 0. The number of hydrogen-bond acceptors (Lipinski definition) is 2. The summed E-state index contributed by atoms with van der Waals surface area (Å²) in [6.07, 6.45) is 1.58. The van der Waals surface area contributed by atoms with E-state index in [4.69, 9.17) is 0 Å². The Labute approximate surface area is 105 Å². The molecule has 17 heavy (non-hydrogen) atoms. The van der Waals surface area contributed by atoms with Crippen LogP contribution in [-0.2, 0) is 0 Å². The lowest BCUT2D eigenvalue weighted by Crippen LogP contribution is -2.40. The van der Waals surface area contributed by atoms with Gasteiger partial charge in [0.15, 0.2) is 0 Å². The van der Waals surface area contributed by atoms with Crippen LogP contribution in [0.3, 0.4) is 0 Å². The third-order valence-corrected chi connectivity index (χ3v) is 3.71. The van der Waals surface area contributed by atoms with Gasteiger partial charge >= 0.3 is 0 Å². The number of benzene rings is 1. The van der Waals surface area contributed by atoms with Crippen molar-refractivity contribution in [3.63, 3.8) is 0 Å². The average Bonchev–Trinajstić information content (AvgIpc) is 2.36. The van der Waals surface area contributed by atoms with Gasteiger partial charge in [-0.25, -0.2) is 0 Å². The lowest BCUT2D eigenvalue weighted by molar-refractivity contribution is 0.0303. The highest BCUT2D eigenvalue weighted by Crippen LogP contribution is 2.19. The molecule has 2 nitrogen and oxygen atoms in total. The first-order chi connectivity index (χ1) is 8.02. The van der Waals surface area contributed by atoms with Gasteiger partial charge in [-0.15, -0.1) is 0 Å². The molecule has 0 aromatic heterocycles. The highest BCUT2D eigenvalue weighted by molar-refractivity contribution is 5.28. The lowest BCUT2D eigenvalue weighted by Gasteiger charge is -2.28. The molecule has 96 valence electrons. The minimum Gasteiger partial charge on any atom is -0.389 e. The van der Waals surface area contributed by atoms with Crippen LogP contribution in [0.5, 0.6) is 0 Å². The molecule has 0 bridgehead atoms. The summed E-state index contributed by atoms with van der Waals surface area (Å²) in [7, 11) is 0. The van der Waals surface area contributed by atoms with E-state index in [2.05, 4.69) is 43.4 Å². The van der Waals surface area contributed by atoms with Gasteiger partial charge in [-0.05, 0) is 37.8 Å². The Hall–Kier alpha value is -0.860. The monoisotopic (exact) mass is 235 g/mol. The van der Waals surface area contributed by atoms with Crippen LogP contribution in [-0.4, -0.2) is 17.3 Å². The summed E-state index contributed by atoms with van der Waals surface area (Å²) >= 11 is 0. The number of rotatable bonds is 6. The summed E-state index contributed by atoms with van der Waals surface area (Å²) < 4.78 is 0. The van der Waals surface area contributed by atoms with E-state index < -0.39 is 5.60 Å². The topological polar surface area (TPSA) is 32.3 Å². The van der Waals surface area contributed by atoms with Crippen molar-refractivity contribution in [2.24, 2.45) is 0 Å². The smallest absolute Gasteiger partial charge is 0.0766 e. The van der Waals surface area contributed by atoms with Gasteiger partial charge in [-0.3, -0.25) is 0 Å². The van der Waals surface area contributed by atoms with Gasteiger partial charge in [0.05, 0.1) is 5.60 Å². The van der Waals surface area contributed by atoms with E-state index in [-0.39, 0.29) is 6.04 Å².